The predicted molar refractivity (Wildman–Crippen MR) is 72.1 cm³/mol. The Balaban J connectivity index is 2.21. The van der Waals surface area contributed by atoms with Crippen molar-refractivity contribution < 1.29 is 26.7 Å². The molecule has 1 aliphatic heterocycles. The molecule has 0 aromatic heterocycles. The largest absolute Gasteiger partial charge is 0.381 e. The highest BCUT2D eigenvalue weighted by molar-refractivity contribution is 7.92. The Morgan fingerprint density at radius 2 is 1.95 bits per heavy atom. The number of ether oxygens (including phenoxy) is 1. The molecule has 0 aliphatic carbocycles. The summed E-state index contributed by atoms with van der Waals surface area (Å²) in [4.78, 5) is 11.0. The summed E-state index contributed by atoms with van der Waals surface area (Å²) in [7, 11) is -3.56. The van der Waals surface area contributed by atoms with E-state index in [-0.39, 0.29) is 10.6 Å². The van der Waals surface area contributed by atoms with Crippen molar-refractivity contribution in [1.82, 2.24) is 0 Å². The Morgan fingerprint density at radius 1 is 1.29 bits per heavy atom. The Bertz CT molecular complexity index is 612. The first-order valence-electron chi connectivity index (χ1n) is 6.42. The van der Waals surface area contributed by atoms with Crippen LogP contribution in [0.5, 0.6) is 0 Å². The number of halogens is 2. The molecule has 0 atom stereocenters. The zero-order valence-electron chi connectivity index (χ0n) is 11.1. The molecule has 1 heterocycles. The van der Waals surface area contributed by atoms with Crippen LogP contribution in [0.15, 0.2) is 29.2 Å². The van der Waals surface area contributed by atoms with Crippen molar-refractivity contribution in [2.45, 2.75) is 29.4 Å². The number of anilines is 1. The van der Waals surface area contributed by atoms with Gasteiger partial charge in [-0.15, -0.1) is 0 Å². The van der Waals surface area contributed by atoms with Gasteiger partial charge in [-0.3, -0.25) is 4.79 Å². The molecular formula is C13H15F2NO4S. The lowest BCUT2D eigenvalue weighted by molar-refractivity contribution is -0.126. The van der Waals surface area contributed by atoms with Gasteiger partial charge in [0.2, 0.25) is 0 Å². The van der Waals surface area contributed by atoms with E-state index in [4.69, 9.17) is 4.74 Å². The normalized spacial score (nSPS) is 16.9. The van der Waals surface area contributed by atoms with Gasteiger partial charge >= 0.3 is 6.43 Å². The summed E-state index contributed by atoms with van der Waals surface area (Å²) in [6.07, 6.45) is -2.35. The molecule has 5 nitrogen and oxygen atoms in total. The van der Waals surface area contributed by atoms with E-state index in [0.29, 0.717) is 26.1 Å². The van der Waals surface area contributed by atoms with Gasteiger partial charge in [-0.05, 0) is 31.0 Å². The lowest BCUT2D eigenvalue weighted by Gasteiger charge is -2.22. The predicted octanol–water partition coefficient (Wildman–Crippen LogP) is 1.84. The van der Waals surface area contributed by atoms with Crippen molar-refractivity contribution in [2.75, 3.05) is 18.5 Å². The number of carbonyl (C=O) groups excluding carboxylic acids is 1. The van der Waals surface area contributed by atoms with Crippen molar-refractivity contribution in [3.63, 3.8) is 0 Å². The molecule has 1 N–H and O–H groups in total. The van der Waals surface area contributed by atoms with Gasteiger partial charge in [-0.2, -0.15) is 8.78 Å². The van der Waals surface area contributed by atoms with Gasteiger partial charge in [0.25, 0.3) is 5.91 Å². The van der Waals surface area contributed by atoms with Crippen LogP contribution in [0.1, 0.15) is 12.8 Å². The smallest absolute Gasteiger partial charge is 0.315 e. The maximum absolute atomic E-state index is 12.4. The zero-order valence-corrected chi connectivity index (χ0v) is 11.9. The van der Waals surface area contributed by atoms with Gasteiger partial charge in [0.05, 0.1) is 10.1 Å². The standard InChI is InChI=1S/C13H15F2NO4S/c14-12(15)13(17)16-9-2-1-3-11(8-9)21(18,19)10-4-6-20-7-5-10/h1-3,8,10,12H,4-7H2,(H,16,17). The summed E-state index contributed by atoms with van der Waals surface area (Å²) in [5.74, 6) is -1.46. The SMILES string of the molecule is O=C(Nc1cccc(S(=O)(=O)C2CCOCC2)c1)C(F)F. The van der Waals surface area contributed by atoms with Gasteiger partial charge < -0.3 is 10.1 Å². The van der Waals surface area contributed by atoms with Gasteiger partial charge in [0, 0.05) is 18.9 Å². The number of rotatable bonds is 4. The minimum atomic E-state index is -3.56. The minimum Gasteiger partial charge on any atom is -0.381 e. The highest BCUT2D eigenvalue weighted by Gasteiger charge is 2.29. The average Bonchev–Trinajstić information content (AvgIpc) is 2.48. The van der Waals surface area contributed by atoms with Crippen LogP contribution < -0.4 is 5.32 Å². The van der Waals surface area contributed by atoms with E-state index >= 15 is 0 Å². The Hall–Kier alpha value is -1.54. The maximum Gasteiger partial charge on any atom is 0.315 e. The molecule has 21 heavy (non-hydrogen) atoms. The molecule has 0 saturated carbocycles. The molecule has 1 saturated heterocycles. The third-order valence-corrected chi connectivity index (χ3v) is 5.50. The van der Waals surface area contributed by atoms with Gasteiger partial charge in [-0.1, -0.05) is 6.07 Å². The first-order chi connectivity index (χ1) is 9.91. The topological polar surface area (TPSA) is 72.5 Å². The number of sulfone groups is 1. The van der Waals surface area contributed by atoms with Crippen molar-refractivity contribution in [1.29, 1.82) is 0 Å². The van der Waals surface area contributed by atoms with Gasteiger partial charge in [-0.25, -0.2) is 8.42 Å². The number of amides is 1. The summed E-state index contributed by atoms with van der Waals surface area (Å²) in [5.41, 5.74) is 0.0356. The van der Waals surface area contributed by atoms with E-state index < -0.39 is 27.4 Å². The van der Waals surface area contributed by atoms with E-state index in [9.17, 15) is 22.0 Å². The lowest BCUT2D eigenvalue weighted by atomic mass is 10.2. The number of carbonyl (C=O) groups is 1. The fraction of sp³-hybridized carbons (Fsp3) is 0.462. The minimum absolute atomic E-state index is 0.0152. The molecule has 116 valence electrons. The van der Waals surface area contributed by atoms with Crippen LogP contribution in [0.25, 0.3) is 0 Å². The zero-order chi connectivity index (χ0) is 15.5. The van der Waals surface area contributed by atoms with Crippen molar-refractivity contribution in [2.24, 2.45) is 0 Å². The molecule has 0 spiro atoms. The van der Waals surface area contributed by atoms with Crippen LogP contribution in [-0.2, 0) is 19.4 Å². The number of alkyl halides is 2. The Morgan fingerprint density at radius 3 is 2.57 bits per heavy atom. The third kappa shape index (κ3) is 3.76. The second kappa shape index (κ2) is 6.48. The van der Waals surface area contributed by atoms with Crippen molar-refractivity contribution >= 4 is 21.4 Å². The van der Waals surface area contributed by atoms with Gasteiger partial charge in [0.1, 0.15) is 0 Å². The van der Waals surface area contributed by atoms with Crippen LogP contribution in [0.2, 0.25) is 0 Å². The summed E-state index contributed by atoms with van der Waals surface area (Å²) < 4.78 is 54.4. The maximum atomic E-state index is 12.4. The van der Waals surface area contributed by atoms with E-state index in [2.05, 4.69) is 0 Å². The fourth-order valence-electron chi connectivity index (χ4n) is 2.13. The first kappa shape index (κ1) is 15.8. The highest BCUT2D eigenvalue weighted by atomic mass is 32.2. The monoisotopic (exact) mass is 319 g/mol. The van der Waals surface area contributed by atoms with Crippen molar-refractivity contribution in [3.05, 3.63) is 24.3 Å². The van der Waals surface area contributed by atoms with E-state index in [1.807, 2.05) is 5.32 Å². The molecule has 1 aromatic carbocycles. The number of hydrogen-bond acceptors (Lipinski definition) is 4. The molecule has 0 radical (unpaired) electrons. The third-order valence-electron chi connectivity index (χ3n) is 3.24. The van der Waals surface area contributed by atoms with E-state index in [1.165, 1.54) is 24.3 Å². The Labute approximate surface area is 121 Å². The second-order valence-corrected chi connectivity index (χ2v) is 6.90. The van der Waals surface area contributed by atoms with Crippen LogP contribution in [0.4, 0.5) is 14.5 Å². The highest BCUT2D eigenvalue weighted by Crippen LogP contribution is 2.25. The lowest BCUT2D eigenvalue weighted by Crippen LogP contribution is -2.29. The molecule has 2 rings (SSSR count). The summed E-state index contributed by atoms with van der Waals surface area (Å²) in [5, 5.41) is 1.43. The molecule has 1 fully saturated rings. The molecule has 0 unspecified atom stereocenters. The van der Waals surface area contributed by atoms with E-state index in [1.54, 1.807) is 0 Å². The summed E-state index contributed by atoms with van der Waals surface area (Å²) in [6.45, 7) is 0.761. The Kier molecular flexibility index (Phi) is 4.89. The number of benzene rings is 1. The molecular weight excluding hydrogens is 304 g/mol. The second-order valence-electron chi connectivity index (χ2n) is 4.67. The summed E-state index contributed by atoms with van der Waals surface area (Å²) >= 11 is 0. The number of hydrogen-bond donors (Lipinski definition) is 1. The fourth-order valence-corrected chi connectivity index (χ4v) is 3.88. The number of nitrogens with one attached hydrogen (secondary N) is 1. The van der Waals surface area contributed by atoms with Crippen LogP contribution in [-0.4, -0.2) is 39.2 Å². The average molecular weight is 319 g/mol. The molecule has 0 bridgehead atoms. The van der Waals surface area contributed by atoms with Crippen LogP contribution >= 0.6 is 0 Å². The van der Waals surface area contributed by atoms with Crippen LogP contribution in [0, 0.1) is 0 Å². The van der Waals surface area contributed by atoms with E-state index in [0.717, 1.165) is 0 Å². The molecule has 1 aromatic rings. The van der Waals surface area contributed by atoms with Gasteiger partial charge in [0.15, 0.2) is 9.84 Å². The molecule has 1 aliphatic rings. The quantitative estimate of drug-likeness (QED) is 0.919. The first-order valence-corrected chi connectivity index (χ1v) is 7.96. The summed E-state index contributed by atoms with van der Waals surface area (Å²) in [6, 6.07) is 5.37. The van der Waals surface area contributed by atoms with Crippen molar-refractivity contribution in [3.8, 4) is 0 Å². The molecule has 1 amide bonds. The molecule has 8 heteroatoms. The van der Waals surface area contributed by atoms with Crippen LogP contribution in [0.3, 0.4) is 0 Å².